The second-order valence-electron chi connectivity index (χ2n) is 9.65. The fourth-order valence-electron chi connectivity index (χ4n) is 4.78. The van der Waals surface area contributed by atoms with Gasteiger partial charge < -0.3 is 19.1 Å². The highest BCUT2D eigenvalue weighted by Crippen LogP contribution is 2.28. The van der Waals surface area contributed by atoms with Gasteiger partial charge in [-0.25, -0.2) is 18.8 Å². The minimum absolute atomic E-state index is 0.0429. The maximum absolute atomic E-state index is 14.0. The number of amides is 1. The molecule has 2 aromatic carbocycles. The number of methoxy groups -OCH3 is 2. The fraction of sp³-hybridized carbons (Fsp3) is 0.345. The second-order valence-corrected chi connectivity index (χ2v) is 10.1. The van der Waals surface area contributed by atoms with Gasteiger partial charge in [-0.15, -0.1) is 0 Å². The molecule has 0 atom stereocenters. The zero-order valence-electron chi connectivity index (χ0n) is 24.3. The zero-order chi connectivity index (χ0) is 30.7. The lowest BCUT2D eigenvalue weighted by atomic mass is 9.96. The molecule has 0 fully saturated rings. The SMILES string of the molecule is COCCN(CCOC)C(=O)Oc1c(C(=O)c2ccc3c(c2C)c(=O)n(-c2cccc(Cl)c2)c(=O)n3C)c(C)nn1C. The van der Waals surface area contributed by atoms with Gasteiger partial charge in [-0.2, -0.15) is 5.10 Å². The van der Waals surface area contributed by atoms with E-state index < -0.39 is 23.1 Å². The number of benzene rings is 2. The molecule has 0 spiro atoms. The van der Waals surface area contributed by atoms with Crippen LogP contribution in [0.3, 0.4) is 0 Å². The number of aryl methyl sites for hydroxylation is 4. The number of ether oxygens (including phenoxy) is 3. The Morgan fingerprint density at radius 2 is 1.67 bits per heavy atom. The topological polar surface area (TPSA) is 127 Å². The molecule has 0 aliphatic heterocycles. The number of carbonyl (C=O) groups is 2. The van der Waals surface area contributed by atoms with Gasteiger partial charge in [0.15, 0.2) is 0 Å². The molecule has 0 saturated heterocycles. The Morgan fingerprint density at radius 3 is 2.29 bits per heavy atom. The van der Waals surface area contributed by atoms with Crippen molar-refractivity contribution in [2.24, 2.45) is 14.1 Å². The smallest absolute Gasteiger partial charge is 0.391 e. The van der Waals surface area contributed by atoms with E-state index in [0.29, 0.717) is 27.5 Å². The summed E-state index contributed by atoms with van der Waals surface area (Å²) in [6, 6.07) is 9.49. The van der Waals surface area contributed by atoms with Crippen LogP contribution >= 0.6 is 11.6 Å². The van der Waals surface area contributed by atoms with Crippen LogP contribution in [0.15, 0.2) is 46.0 Å². The summed E-state index contributed by atoms with van der Waals surface area (Å²) in [5.74, 6) is -0.538. The summed E-state index contributed by atoms with van der Waals surface area (Å²) in [6.45, 7) is 4.32. The van der Waals surface area contributed by atoms with E-state index in [4.69, 9.17) is 25.8 Å². The number of nitrogens with zero attached hydrogens (tertiary/aromatic N) is 5. The zero-order valence-corrected chi connectivity index (χ0v) is 25.0. The van der Waals surface area contributed by atoms with E-state index >= 15 is 0 Å². The number of fused-ring (bicyclic) bond motifs is 1. The van der Waals surface area contributed by atoms with E-state index in [1.165, 1.54) is 34.4 Å². The third kappa shape index (κ3) is 5.73. The Labute approximate surface area is 246 Å². The van der Waals surface area contributed by atoms with Crippen molar-refractivity contribution in [1.29, 1.82) is 0 Å². The Balaban J connectivity index is 1.82. The molecule has 1 amide bonds. The predicted molar refractivity (Wildman–Crippen MR) is 157 cm³/mol. The quantitative estimate of drug-likeness (QED) is 0.255. The first kappa shape index (κ1) is 30.7. The summed E-state index contributed by atoms with van der Waals surface area (Å²) in [5, 5.41) is 4.87. The van der Waals surface area contributed by atoms with Crippen LogP contribution in [0.2, 0.25) is 5.02 Å². The molecule has 4 aromatic rings. The Morgan fingerprint density at radius 1 is 1.00 bits per heavy atom. The lowest BCUT2D eigenvalue weighted by molar-refractivity contribution is 0.0982. The molecule has 2 heterocycles. The summed E-state index contributed by atoms with van der Waals surface area (Å²) in [5.41, 5.74) is 0.472. The molecule has 2 aromatic heterocycles. The van der Waals surface area contributed by atoms with Crippen LogP contribution < -0.4 is 16.0 Å². The summed E-state index contributed by atoms with van der Waals surface area (Å²) in [7, 11) is 6.16. The maximum atomic E-state index is 14.0. The van der Waals surface area contributed by atoms with Crippen molar-refractivity contribution in [3.05, 3.63) is 84.6 Å². The van der Waals surface area contributed by atoms with Gasteiger partial charge in [0, 0.05) is 52.0 Å². The van der Waals surface area contributed by atoms with Crippen molar-refractivity contribution in [3.63, 3.8) is 0 Å². The van der Waals surface area contributed by atoms with Crippen LogP contribution in [0.4, 0.5) is 4.79 Å². The standard InChI is InChI=1S/C29H32ClN5O7/c1-17-21(10-11-22-23(17)26(37)35(28(38)32(22)3)20-9-7-8-19(30)16-20)25(36)24-18(2)31-33(4)27(24)42-29(39)34(12-14-40-5)13-15-41-6/h7-11,16H,12-15H2,1-6H3. The lowest BCUT2D eigenvalue weighted by Gasteiger charge is -2.21. The van der Waals surface area contributed by atoms with E-state index in [0.717, 1.165) is 4.57 Å². The molecule has 42 heavy (non-hydrogen) atoms. The summed E-state index contributed by atoms with van der Waals surface area (Å²) < 4.78 is 19.6. The van der Waals surface area contributed by atoms with Crippen molar-refractivity contribution < 1.29 is 23.8 Å². The van der Waals surface area contributed by atoms with Crippen molar-refractivity contribution >= 4 is 34.4 Å². The van der Waals surface area contributed by atoms with Gasteiger partial charge in [-0.05, 0) is 49.7 Å². The van der Waals surface area contributed by atoms with Crippen molar-refractivity contribution in [3.8, 4) is 11.6 Å². The molecule has 0 aliphatic carbocycles. The summed E-state index contributed by atoms with van der Waals surface area (Å²) >= 11 is 6.13. The van der Waals surface area contributed by atoms with Crippen LogP contribution in [0, 0.1) is 13.8 Å². The number of halogens is 1. The number of ketones is 1. The monoisotopic (exact) mass is 597 g/mol. The van der Waals surface area contributed by atoms with Crippen LogP contribution in [0.25, 0.3) is 16.6 Å². The third-order valence-corrected chi connectivity index (χ3v) is 7.22. The van der Waals surface area contributed by atoms with E-state index in [-0.39, 0.29) is 48.7 Å². The van der Waals surface area contributed by atoms with E-state index in [1.807, 2.05) is 0 Å². The van der Waals surface area contributed by atoms with Crippen LogP contribution in [0.5, 0.6) is 5.88 Å². The highest BCUT2D eigenvalue weighted by atomic mass is 35.5. The number of carbonyl (C=O) groups excluding carboxylic acids is 2. The van der Waals surface area contributed by atoms with Gasteiger partial charge in [-0.1, -0.05) is 17.7 Å². The molecule has 222 valence electrons. The van der Waals surface area contributed by atoms with Crippen LogP contribution in [0.1, 0.15) is 27.2 Å². The first-order valence-corrected chi connectivity index (χ1v) is 13.4. The van der Waals surface area contributed by atoms with Crippen molar-refractivity contribution in [2.75, 3.05) is 40.5 Å². The molecule has 4 rings (SSSR count). The molecule has 0 saturated carbocycles. The van der Waals surface area contributed by atoms with Gasteiger partial charge in [-0.3, -0.25) is 14.2 Å². The van der Waals surface area contributed by atoms with E-state index in [2.05, 4.69) is 5.10 Å². The first-order valence-electron chi connectivity index (χ1n) is 13.1. The Bertz CT molecular complexity index is 1780. The molecule has 13 heteroatoms. The number of hydrogen-bond donors (Lipinski definition) is 0. The van der Waals surface area contributed by atoms with Gasteiger partial charge in [0.05, 0.1) is 35.5 Å². The Hall–Kier alpha value is -4.26. The van der Waals surface area contributed by atoms with Gasteiger partial charge in [0.2, 0.25) is 11.7 Å². The molecule has 0 bridgehead atoms. The third-order valence-electron chi connectivity index (χ3n) is 6.98. The minimum atomic E-state index is -0.698. The molecular weight excluding hydrogens is 566 g/mol. The lowest BCUT2D eigenvalue weighted by Crippen LogP contribution is -2.39. The normalized spacial score (nSPS) is 11.2. The average molecular weight is 598 g/mol. The summed E-state index contributed by atoms with van der Waals surface area (Å²) in [6.07, 6.45) is -0.698. The molecule has 0 radical (unpaired) electrons. The van der Waals surface area contributed by atoms with Crippen molar-refractivity contribution in [2.45, 2.75) is 13.8 Å². The molecular formula is C29H32ClN5O7. The second kappa shape index (κ2) is 12.7. The number of aromatic nitrogens is 4. The molecule has 12 nitrogen and oxygen atoms in total. The number of rotatable bonds is 10. The van der Waals surface area contributed by atoms with E-state index in [9.17, 15) is 19.2 Å². The van der Waals surface area contributed by atoms with Gasteiger partial charge >= 0.3 is 11.8 Å². The molecule has 0 N–H and O–H groups in total. The summed E-state index contributed by atoms with van der Waals surface area (Å²) in [4.78, 5) is 55.5. The highest BCUT2D eigenvalue weighted by molar-refractivity contribution is 6.30. The largest absolute Gasteiger partial charge is 0.416 e. The fourth-order valence-corrected chi connectivity index (χ4v) is 4.97. The number of hydrogen-bond acceptors (Lipinski definition) is 8. The molecule has 0 aliphatic rings. The first-order chi connectivity index (χ1) is 20.0. The predicted octanol–water partition coefficient (Wildman–Crippen LogP) is 3.02. The van der Waals surface area contributed by atoms with Crippen LogP contribution in [-0.2, 0) is 23.6 Å². The molecule has 0 unspecified atom stereocenters. The maximum Gasteiger partial charge on any atom is 0.416 e. The minimum Gasteiger partial charge on any atom is -0.391 e. The highest BCUT2D eigenvalue weighted by Gasteiger charge is 2.29. The van der Waals surface area contributed by atoms with Crippen molar-refractivity contribution in [1.82, 2.24) is 23.8 Å². The van der Waals surface area contributed by atoms with Crippen LogP contribution in [-0.4, -0.2) is 76.2 Å². The van der Waals surface area contributed by atoms with Gasteiger partial charge in [0.25, 0.3) is 5.56 Å². The Kier molecular flexibility index (Phi) is 9.30. The van der Waals surface area contributed by atoms with E-state index in [1.54, 1.807) is 58.3 Å². The average Bonchev–Trinajstić information content (AvgIpc) is 3.23. The van der Waals surface area contributed by atoms with Gasteiger partial charge in [0.1, 0.15) is 5.56 Å².